The molecule has 1 N–H and O–H groups in total. The van der Waals surface area contributed by atoms with Crippen molar-refractivity contribution in [3.05, 3.63) is 29.3 Å². The van der Waals surface area contributed by atoms with Gasteiger partial charge in [0.15, 0.2) is 0 Å². The van der Waals surface area contributed by atoms with Crippen LogP contribution in [0, 0.1) is 0 Å². The minimum Gasteiger partial charge on any atom is -0.313 e. The van der Waals surface area contributed by atoms with Gasteiger partial charge in [-0.15, -0.1) is 0 Å². The smallest absolute Gasteiger partial charge is 0.244 e. The third kappa shape index (κ3) is 3.28. The number of likely N-dealkylation sites (N-methyl/N-ethyl adjacent to an activating group) is 1. The standard InChI is InChI=1S/C13H19ClN2O2S/c1-2-16(10-11-6-5-9-15-11)19(17,18)13-8-4-3-7-12(13)14/h3-4,7-8,11,15H,2,5-6,9-10H2,1H3. The van der Waals surface area contributed by atoms with Crippen molar-refractivity contribution in [1.82, 2.24) is 9.62 Å². The first-order valence-corrected chi connectivity index (χ1v) is 8.35. The lowest BCUT2D eigenvalue weighted by Crippen LogP contribution is -2.41. The summed E-state index contributed by atoms with van der Waals surface area (Å²) in [4.78, 5) is 0.191. The zero-order valence-electron chi connectivity index (χ0n) is 11.0. The number of hydrogen-bond acceptors (Lipinski definition) is 3. The lowest BCUT2D eigenvalue weighted by molar-refractivity contribution is 0.383. The van der Waals surface area contributed by atoms with E-state index in [4.69, 9.17) is 11.6 Å². The average molecular weight is 303 g/mol. The predicted octanol–water partition coefficient (Wildman–Crippen LogP) is 2.10. The zero-order valence-corrected chi connectivity index (χ0v) is 12.5. The first kappa shape index (κ1) is 14.8. The first-order valence-electron chi connectivity index (χ1n) is 6.53. The summed E-state index contributed by atoms with van der Waals surface area (Å²) in [6.45, 7) is 3.77. The zero-order chi connectivity index (χ0) is 13.9. The van der Waals surface area contributed by atoms with Gasteiger partial charge < -0.3 is 5.32 Å². The molecule has 0 bridgehead atoms. The summed E-state index contributed by atoms with van der Waals surface area (Å²) in [6.07, 6.45) is 2.13. The lowest BCUT2D eigenvalue weighted by Gasteiger charge is -2.24. The maximum Gasteiger partial charge on any atom is 0.244 e. The molecule has 1 heterocycles. The quantitative estimate of drug-likeness (QED) is 0.906. The van der Waals surface area contributed by atoms with Crippen LogP contribution in [-0.4, -0.2) is 38.4 Å². The van der Waals surface area contributed by atoms with Gasteiger partial charge in [0.05, 0.1) is 5.02 Å². The van der Waals surface area contributed by atoms with Crippen LogP contribution in [0.4, 0.5) is 0 Å². The van der Waals surface area contributed by atoms with Gasteiger partial charge in [-0.2, -0.15) is 4.31 Å². The van der Waals surface area contributed by atoms with Gasteiger partial charge >= 0.3 is 0 Å². The summed E-state index contributed by atoms with van der Waals surface area (Å²) >= 11 is 6.00. The number of halogens is 1. The number of sulfonamides is 1. The van der Waals surface area contributed by atoms with Crippen LogP contribution in [0.25, 0.3) is 0 Å². The molecule has 0 saturated carbocycles. The number of nitrogens with zero attached hydrogens (tertiary/aromatic N) is 1. The van der Waals surface area contributed by atoms with Gasteiger partial charge in [-0.25, -0.2) is 8.42 Å². The van der Waals surface area contributed by atoms with E-state index in [1.807, 2.05) is 6.92 Å². The molecule has 0 radical (unpaired) electrons. The third-order valence-electron chi connectivity index (χ3n) is 3.39. The van der Waals surface area contributed by atoms with Gasteiger partial charge in [-0.1, -0.05) is 30.7 Å². The van der Waals surface area contributed by atoms with E-state index in [1.54, 1.807) is 24.3 Å². The molecule has 1 aromatic rings. The van der Waals surface area contributed by atoms with Crippen molar-refractivity contribution in [2.75, 3.05) is 19.6 Å². The van der Waals surface area contributed by atoms with Gasteiger partial charge in [0.1, 0.15) is 4.90 Å². The molecular formula is C13H19ClN2O2S. The van der Waals surface area contributed by atoms with Crippen LogP contribution in [0.2, 0.25) is 5.02 Å². The Bertz CT molecular complexity index is 527. The fourth-order valence-electron chi connectivity index (χ4n) is 2.35. The highest BCUT2D eigenvalue weighted by Crippen LogP contribution is 2.24. The average Bonchev–Trinajstić information content (AvgIpc) is 2.89. The molecule has 1 aromatic carbocycles. The number of hydrogen-bond donors (Lipinski definition) is 1. The first-order chi connectivity index (χ1) is 9.05. The molecule has 1 saturated heterocycles. The largest absolute Gasteiger partial charge is 0.313 e. The summed E-state index contributed by atoms with van der Waals surface area (Å²) < 4.78 is 26.7. The van der Waals surface area contributed by atoms with E-state index in [1.165, 1.54) is 4.31 Å². The fraction of sp³-hybridized carbons (Fsp3) is 0.538. The van der Waals surface area contributed by atoms with Crippen molar-refractivity contribution in [2.45, 2.75) is 30.7 Å². The van der Waals surface area contributed by atoms with Crippen molar-refractivity contribution in [1.29, 1.82) is 0 Å². The van der Waals surface area contributed by atoms with Gasteiger partial charge in [-0.3, -0.25) is 0 Å². The number of rotatable bonds is 5. The van der Waals surface area contributed by atoms with Crippen LogP contribution in [0.15, 0.2) is 29.2 Å². The molecule has 0 spiro atoms. The second-order valence-corrected chi connectivity index (χ2v) is 6.99. The fourth-order valence-corrected chi connectivity index (χ4v) is 4.34. The Labute approximate surface area is 119 Å². The minimum atomic E-state index is -3.51. The normalized spacial score (nSPS) is 20.1. The number of benzene rings is 1. The molecule has 19 heavy (non-hydrogen) atoms. The van der Waals surface area contributed by atoms with Crippen LogP contribution in [0.1, 0.15) is 19.8 Å². The van der Waals surface area contributed by atoms with E-state index < -0.39 is 10.0 Å². The lowest BCUT2D eigenvalue weighted by atomic mass is 10.2. The van der Waals surface area contributed by atoms with E-state index in [0.717, 1.165) is 19.4 Å². The Morgan fingerprint density at radius 2 is 2.16 bits per heavy atom. The van der Waals surface area contributed by atoms with E-state index in [9.17, 15) is 8.42 Å². The second kappa shape index (κ2) is 6.22. The second-order valence-electron chi connectivity index (χ2n) is 4.68. The predicted molar refractivity (Wildman–Crippen MR) is 76.9 cm³/mol. The highest BCUT2D eigenvalue weighted by molar-refractivity contribution is 7.89. The maximum atomic E-state index is 12.6. The van der Waals surface area contributed by atoms with Crippen molar-refractivity contribution in [3.63, 3.8) is 0 Å². The Hall–Kier alpha value is -0.620. The molecule has 0 aromatic heterocycles. The maximum absolute atomic E-state index is 12.6. The summed E-state index contributed by atoms with van der Waals surface area (Å²) in [7, 11) is -3.51. The van der Waals surface area contributed by atoms with Gasteiger partial charge in [0.25, 0.3) is 0 Å². The Morgan fingerprint density at radius 3 is 2.74 bits per heavy atom. The highest BCUT2D eigenvalue weighted by atomic mass is 35.5. The van der Waals surface area contributed by atoms with Crippen LogP contribution >= 0.6 is 11.6 Å². The van der Waals surface area contributed by atoms with Crippen LogP contribution in [0.3, 0.4) is 0 Å². The summed E-state index contributed by atoms with van der Waals surface area (Å²) in [6, 6.07) is 6.84. The Balaban J connectivity index is 2.23. The molecule has 6 heteroatoms. The Morgan fingerprint density at radius 1 is 1.42 bits per heavy atom. The molecule has 0 aliphatic carbocycles. The van der Waals surface area contributed by atoms with E-state index in [0.29, 0.717) is 13.1 Å². The SMILES string of the molecule is CCN(CC1CCCN1)S(=O)(=O)c1ccccc1Cl. The Kier molecular flexibility index (Phi) is 4.84. The monoisotopic (exact) mass is 302 g/mol. The van der Waals surface area contributed by atoms with E-state index in [-0.39, 0.29) is 16.0 Å². The third-order valence-corrected chi connectivity index (χ3v) is 5.83. The van der Waals surface area contributed by atoms with E-state index in [2.05, 4.69) is 5.32 Å². The summed E-state index contributed by atoms with van der Waals surface area (Å²) in [5.74, 6) is 0. The molecule has 0 amide bonds. The topological polar surface area (TPSA) is 49.4 Å². The molecule has 1 aliphatic heterocycles. The summed E-state index contributed by atoms with van der Waals surface area (Å²) in [5, 5.41) is 3.60. The molecule has 1 unspecified atom stereocenters. The summed E-state index contributed by atoms with van der Waals surface area (Å²) in [5.41, 5.74) is 0. The van der Waals surface area contributed by atoms with Crippen molar-refractivity contribution < 1.29 is 8.42 Å². The van der Waals surface area contributed by atoms with Crippen LogP contribution in [-0.2, 0) is 10.0 Å². The van der Waals surface area contributed by atoms with E-state index >= 15 is 0 Å². The van der Waals surface area contributed by atoms with Crippen molar-refractivity contribution in [2.24, 2.45) is 0 Å². The van der Waals surface area contributed by atoms with Gasteiger partial charge in [0, 0.05) is 19.1 Å². The van der Waals surface area contributed by atoms with Crippen molar-refractivity contribution >= 4 is 21.6 Å². The van der Waals surface area contributed by atoms with Crippen molar-refractivity contribution in [3.8, 4) is 0 Å². The minimum absolute atomic E-state index is 0.191. The van der Waals surface area contributed by atoms with Crippen LogP contribution in [0.5, 0.6) is 0 Å². The van der Waals surface area contributed by atoms with Gasteiger partial charge in [0.2, 0.25) is 10.0 Å². The number of nitrogens with one attached hydrogen (secondary N) is 1. The molecule has 1 aliphatic rings. The molecular weight excluding hydrogens is 284 g/mol. The molecule has 4 nitrogen and oxygen atoms in total. The van der Waals surface area contributed by atoms with Gasteiger partial charge in [-0.05, 0) is 31.5 Å². The highest BCUT2D eigenvalue weighted by Gasteiger charge is 2.28. The molecule has 1 fully saturated rings. The molecule has 1 atom stereocenters. The molecule has 106 valence electrons. The van der Waals surface area contributed by atoms with Crippen LogP contribution < -0.4 is 5.32 Å². The molecule has 2 rings (SSSR count).